The second-order valence-corrected chi connectivity index (χ2v) is 6.42. The number of nitrogens with one attached hydrogen (secondary N) is 1. The second kappa shape index (κ2) is 7.53. The molecule has 3 nitrogen and oxygen atoms in total. The maximum absolute atomic E-state index is 13.1. The average molecular weight is 331 g/mol. The van der Waals surface area contributed by atoms with E-state index in [1.54, 1.807) is 29.5 Å². The molecule has 0 spiro atoms. The highest BCUT2D eigenvalue weighted by atomic mass is 32.1. The standard InChI is InChI=1S/C18H18FNO2S/c19-14-7-5-13(6-8-14)18(16-4-1-11-22-16)20-17(21)10-9-15-3-2-12-23-15/h2-3,5-10,12,16,18H,1,4,11H2,(H,20,21)/b10-9+. The lowest BCUT2D eigenvalue weighted by Crippen LogP contribution is -2.35. The summed E-state index contributed by atoms with van der Waals surface area (Å²) in [5.41, 5.74) is 0.858. The molecule has 0 aliphatic carbocycles. The van der Waals surface area contributed by atoms with Gasteiger partial charge in [-0.3, -0.25) is 4.79 Å². The SMILES string of the molecule is O=C(/C=C/c1cccs1)NC(c1ccc(F)cc1)C1CCCO1. The van der Waals surface area contributed by atoms with E-state index in [1.807, 2.05) is 17.5 Å². The van der Waals surface area contributed by atoms with Gasteiger partial charge in [0.15, 0.2) is 0 Å². The lowest BCUT2D eigenvalue weighted by molar-refractivity contribution is -0.118. The predicted molar refractivity (Wildman–Crippen MR) is 89.6 cm³/mol. The van der Waals surface area contributed by atoms with Crippen molar-refractivity contribution in [2.75, 3.05) is 6.61 Å². The van der Waals surface area contributed by atoms with Crippen LogP contribution in [0.4, 0.5) is 4.39 Å². The molecule has 2 unspecified atom stereocenters. The topological polar surface area (TPSA) is 38.3 Å². The third kappa shape index (κ3) is 4.27. The van der Waals surface area contributed by atoms with E-state index in [4.69, 9.17) is 4.74 Å². The zero-order valence-electron chi connectivity index (χ0n) is 12.6. The van der Waals surface area contributed by atoms with Gasteiger partial charge >= 0.3 is 0 Å². The van der Waals surface area contributed by atoms with Crippen molar-refractivity contribution in [2.45, 2.75) is 25.0 Å². The van der Waals surface area contributed by atoms with E-state index in [0.717, 1.165) is 23.3 Å². The number of benzene rings is 1. The average Bonchev–Trinajstić information content (AvgIpc) is 3.25. The van der Waals surface area contributed by atoms with E-state index < -0.39 is 0 Å². The van der Waals surface area contributed by atoms with Crippen LogP contribution >= 0.6 is 11.3 Å². The van der Waals surface area contributed by atoms with E-state index in [0.29, 0.717) is 6.61 Å². The largest absolute Gasteiger partial charge is 0.376 e. The third-order valence-corrected chi connectivity index (χ3v) is 4.64. The van der Waals surface area contributed by atoms with Crippen molar-refractivity contribution in [2.24, 2.45) is 0 Å². The normalized spacial score (nSPS) is 19.1. The summed E-state index contributed by atoms with van der Waals surface area (Å²) in [6.07, 6.45) is 5.11. The highest BCUT2D eigenvalue weighted by molar-refractivity contribution is 7.10. The zero-order chi connectivity index (χ0) is 16.1. The number of halogens is 1. The predicted octanol–water partition coefficient (Wildman–Crippen LogP) is 3.94. The molecule has 1 aromatic heterocycles. The quantitative estimate of drug-likeness (QED) is 0.843. The van der Waals surface area contributed by atoms with Crippen LogP contribution in [0.2, 0.25) is 0 Å². The Labute approximate surface area is 138 Å². The Kier molecular flexibility index (Phi) is 5.20. The van der Waals surface area contributed by atoms with Gasteiger partial charge in [-0.2, -0.15) is 0 Å². The number of hydrogen-bond acceptors (Lipinski definition) is 3. The molecule has 1 N–H and O–H groups in total. The first-order valence-corrected chi connectivity index (χ1v) is 8.49. The first kappa shape index (κ1) is 15.9. The Morgan fingerprint density at radius 1 is 1.35 bits per heavy atom. The molecule has 1 aromatic carbocycles. The van der Waals surface area contributed by atoms with Gasteiger partial charge in [-0.15, -0.1) is 11.3 Å². The van der Waals surface area contributed by atoms with Crippen molar-refractivity contribution in [1.82, 2.24) is 5.32 Å². The van der Waals surface area contributed by atoms with Crippen LogP contribution in [0.1, 0.15) is 29.3 Å². The van der Waals surface area contributed by atoms with Crippen molar-refractivity contribution in [3.63, 3.8) is 0 Å². The Bertz CT molecular complexity index is 661. The highest BCUT2D eigenvalue weighted by Crippen LogP contribution is 2.27. The molecule has 0 saturated carbocycles. The first-order chi connectivity index (χ1) is 11.2. The van der Waals surface area contributed by atoms with Gasteiger partial charge in [0, 0.05) is 17.6 Å². The number of rotatable bonds is 5. The summed E-state index contributed by atoms with van der Waals surface area (Å²) in [6, 6.07) is 9.84. The molecule has 0 bridgehead atoms. The summed E-state index contributed by atoms with van der Waals surface area (Å²) in [4.78, 5) is 13.2. The molecular formula is C18H18FNO2S. The highest BCUT2D eigenvalue weighted by Gasteiger charge is 2.28. The first-order valence-electron chi connectivity index (χ1n) is 7.61. The van der Waals surface area contributed by atoms with Crippen LogP contribution in [0.25, 0.3) is 6.08 Å². The summed E-state index contributed by atoms with van der Waals surface area (Å²) in [6.45, 7) is 0.698. The molecule has 2 atom stereocenters. The molecule has 1 saturated heterocycles. The van der Waals surface area contributed by atoms with Gasteiger partial charge in [-0.25, -0.2) is 4.39 Å². The number of carbonyl (C=O) groups excluding carboxylic acids is 1. The minimum Gasteiger partial charge on any atom is -0.376 e. The van der Waals surface area contributed by atoms with Gasteiger partial charge in [0.1, 0.15) is 5.82 Å². The fourth-order valence-electron chi connectivity index (χ4n) is 2.67. The fourth-order valence-corrected chi connectivity index (χ4v) is 3.29. The number of hydrogen-bond donors (Lipinski definition) is 1. The molecular weight excluding hydrogens is 313 g/mol. The van der Waals surface area contributed by atoms with Gasteiger partial charge in [0.2, 0.25) is 5.91 Å². The number of ether oxygens (including phenoxy) is 1. The number of amides is 1. The minimum atomic E-state index is -0.288. The van der Waals surface area contributed by atoms with E-state index >= 15 is 0 Å². The molecule has 1 fully saturated rings. The van der Waals surface area contributed by atoms with Crippen molar-refractivity contribution < 1.29 is 13.9 Å². The van der Waals surface area contributed by atoms with Crippen LogP contribution in [0.3, 0.4) is 0 Å². The maximum Gasteiger partial charge on any atom is 0.244 e. The lowest BCUT2D eigenvalue weighted by Gasteiger charge is -2.24. The van der Waals surface area contributed by atoms with Crippen molar-refractivity contribution >= 4 is 23.3 Å². The molecule has 5 heteroatoms. The Morgan fingerprint density at radius 2 is 2.17 bits per heavy atom. The summed E-state index contributed by atoms with van der Waals surface area (Å²) in [5, 5.41) is 4.95. The minimum absolute atomic E-state index is 0.0699. The molecule has 2 heterocycles. The molecule has 2 aromatic rings. The van der Waals surface area contributed by atoms with Crippen LogP contribution < -0.4 is 5.32 Å². The van der Waals surface area contributed by atoms with Gasteiger partial charge in [0.25, 0.3) is 0 Å². The molecule has 0 radical (unpaired) electrons. The lowest BCUT2D eigenvalue weighted by atomic mass is 9.99. The summed E-state index contributed by atoms with van der Waals surface area (Å²) in [5.74, 6) is -0.466. The van der Waals surface area contributed by atoms with Gasteiger partial charge in [-0.05, 0) is 48.1 Å². The van der Waals surface area contributed by atoms with E-state index in [9.17, 15) is 9.18 Å². The van der Waals surface area contributed by atoms with Crippen molar-refractivity contribution in [1.29, 1.82) is 0 Å². The van der Waals surface area contributed by atoms with Crippen molar-refractivity contribution in [3.05, 3.63) is 64.1 Å². The number of thiophene rings is 1. The van der Waals surface area contributed by atoms with E-state index in [1.165, 1.54) is 18.2 Å². The maximum atomic E-state index is 13.1. The Balaban J connectivity index is 1.72. The summed E-state index contributed by atoms with van der Waals surface area (Å²) < 4.78 is 18.9. The Hall–Kier alpha value is -1.98. The smallest absolute Gasteiger partial charge is 0.244 e. The van der Waals surface area contributed by atoms with Crippen LogP contribution in [0.15, 0.2) is 47.9 Å². The fraction of sp³-hybridized carbons (Fsp3) is 0.278. The zero-order valence-corrected chi connectivity index (χ0v) is 13.4. The third-order valence-electron chi connectivity index (χ3n) is 3.81. The molecule has 1 aliphatic rings. The van der Waals surface area contributed by atoms with Gasteiger partial charge in [-0.1, -0.05) is 18.2 Å². The van der Waals surface area contributed by atoms with Gasteiger partial charge in [0.05, 0.1) is 12.1 Å². The second-order valence-electron chi connectivity index (χ2n) is 5.44. The van der Waals surface area contributed by atoms with Crippen molar-refractivity contribution in [3.8, 4) is 0 Å². The molecule has 23 heavy (non-hydrogen) atoms. The Morgan fingerprint density at radius 3 is 2.83 bits per heavy atom. The summed E-state index contributed by atoms with van der Waals surface area (Å²) in [7, 11) is 0. The monoisotopic (exact) mass is 331 g/mol. The van der Waals surface area contributed by atoms with E-state index in [2.05, 4.69) is 5.32 Å². The molecule has 1 amide bonds. The summed E-state index contributed by atoms with van der Waals surface area (Å²) >= 11 is 1.57. The van der Waals surface area contributed by atoms with Crippen LogP contribution in [-0.4, -0.2) is 18.6 Å². The van der Waals surface area contributed by atoms with E-state index in [-0.39, 0.29) is 23.9 Å². The van der Waals surface area contributed by atoms with Crippen LogP contribution in [0, 0.1) is 5.82 Å². The van der Waals surface area contributed by atoms with Gasteiger partial charge < -0.3 is 10.1 Å². The number of carbonyl (C=O) groups is 1. The van der Waals surface area contributed by atoms with Crippen LogP contribution in [-0.2, 0) is 9.53 Å². The molecule has 3 rings (SSSR count). The van der Waals surface area contributed by atoms with Crippen LogP contribution in [0.5, 0.6) is 0 Å². The molecule has 1 aliphatic heterocycles. The molecule has 120 valence electrons.